The molecule has 0 fully saturated rings. The van der Waals surface area contributed by atoms with E-state index in [1.807, 2.05) is 0 Å². The molecule has 0 N–H and O–H groups in total. The lowest BCUT2D eigenvalue weighted by Gasteiger charge is -2.32. The molecule has 0 aromatic carbocycles. The number of nitrogens with zero attached hydrogens (tertiary/aromatic N) is 1. The summed E-state index contributed by atoms with van der Waals surface area (Å²) in [5.74, 6) is -2.35. The summed E-state index contributed by atoms with van der Waals surface area (Å²) in [6.07, 6.45) is -2.02. The summed E-state index contributed by atoms with van der Waals surface area (Å²) in [5, 5.41) is 12.4. The topological polar surface area (TPSA) is 75.7 Å². The molecule has 105 valence electrons. The van der Waals surface area contributed by atoms with E-state index >= 15 is 0 Å². The quantitative estimate of drug-likeness (QED) is 0.533. The Hall–Kier alpha value is -1.14. The Morgan fingerprint density at radius 3 is 2.17 bits per heavy atom. The number of carbonyl (C=O) groups is 2. The van der Waals surface area contributed by atoms with E-state index in [9.17, 15) is 14.8 Å². The molecule has 18 heavy (non-hydrogen) atoms. The van der Waals surface area contributed by atoms with Crippen LogP contribution in [0.25, 0.3) is 0 Å². The van der Waals surface area contributed by atoms with Gasteiger partial charge in [-0.15, -0.1) is 10.3 Å². The van der Waals surface area contributed by atoms with E-state index in [4.69, 9.17) is 2.74 Å². The van der Waals surface area contributed by atoms with Crippen LogP contribution in [0, 0.1) is 0 Å². The van der Waals surface area contributed by atoms with Gasteiger partial charge in [-0.25, -0.2) is 0 Å². The van der Waals surface area contributed by atoms with Crippen LogP contribution in [0.1, 0.15) is 43.8 Å². The third kappa shape index (κ3) is 5.46. The summed E-state index contributed by atoms with van der Waals surface area (Å²) < 4.78 is 25.1. The first-order chi connectivity index (χ1) is 9.03. The van der Waals surface area contributed by atoms with E-state index in [1.54, 1.807) is 0 Å². The second-order valence-electron chi connectivity index (χ2n) is 4.47. The van der Waals surface area contributed by atoms with Crippen molar-refractivity contribution < 1.29 is 27.0 Å². The van der Waals surface area contributed by atoms with Gasteiger partial charge in [0.1, 0.15) is 6.02 Å². The predicted octanol–water partition coefficient (Wildman–Crippen LogP) is 1.32. The van der Waals surface area contributed by atoms with Crippen molar-refractivity contribution in [3.8, 4) is 0 Å². The molecule has 1 radical (unpaired) electrons. The molecule has 0 amide bonds. The third-order valence-corrected chi connectivity index (χ3v) is 1.85. The Morgan fingerprint density at radius 2 is 1.78 bits per heavy atom. The van der Waals surface area contributed by atoms with Gasteiger partial charge in [0.25, 0.3) is 0 Å². The summed E-state index contributed by atoms with van der Waals surface area (Å²) in [4.78, 5) is 23.6. The molecular formula is C12H22NO5. The summed E-state index contributed by atoms with van der Waals surface area (Å²) in [6.45, 7) is 7.38. The average molecular weight is 262 g/mol. The molecule has 6 heteroatoms. The van der Waals surface area contributed by atoms with Crippen LogP contribution in [0.5, 0.6) is 0 Å². The van der Waals surface area contributed by atoms with Crippen molar-refractivity contribution in [2.24, 2.45) is 0 Å². The molecule has 0 saturated heterocycles. The predicted molar refractivity (Wildman–Crippen MR) is 63.9 cm³/mol. The Labute approximate surface area is 111 Å². The molecule has 6 nitrogen and oxygen atoms in total. The van der Waals surface area contributed by atoms with Crippen LogP contribution >= 0.6 is 0 Å². The maximum atomic E-state index is 12.3. The number of hydrogen-bond acceptors (Lipinski definition) is 5. The minimum absolute atomic E-state index is 0.0124. The van der Waals surface area contributed by atoms with Crippen molar-refractivity contribution >= 4 is 11.9 Å². The number of esters is 2. The van der Waals surface area contributed by atoms with Gasteiger partial charge in [-0.1, -0.05) is 0 Å². The molecular weight excluding hydrogens is 238 g/mol. The first-order valence-electron chi connectivity index (χ1n) is 6.84. The number of hydrogen-bond donors (Lipinski definition) is 0. The van der Waals surface area contributed by atoms with E-state index in [0.717, 1.165) is 0 Å². The van der Waals surface area contributed by atoms with Crippen LogP contribution in [0.2, 0.25) is 0 Å². The van der Waals surface area contributed by atoms with Crippen LogP contribution in [0.3, 0.4) is 0 Å². The molecule has 0 heterocycles. The molecule has 0 aromatic rings. The number of rotatable bonds is 6. The summed E-state index contributed by atoms with van der Waals surface area (Å²) in [7, 11) is 0. The molecule has 2 atom stereocenters. The highest BCUT2D eigenvalue weighted by molar-refractivity contribution is 5.82. The fraction of sp³-hybridized carbons (Fsp3) is 0.833. The van der Waals surface area contributed by atoms with Gasteiger partial charge in [0.2, 0.25) is 0 Å². The molecule has 0 aliphatic rings. The maximum Gasteiger partial charge on any atom is 0.326 e. The van der Waals surface area contributed by atoms with Crippen molar-refractivity contribution in [2.45, 2.75) is 52.6 Å². The standard InChI is InChI=1S/C12H22NO5/c1-6-17-10(14)8-9(11(15)18-7-2)13(16)12(3,4)5/h9H,6-8H2,1-5H3/i8D,9D. The third-order valence-electron chi connectivity index (χ3n) is 1.85. The minimum Gasteiger partial charge on any atom is -0.466 e. The minimum atomic E-state index is -2.71. The van der Waals surface area contributed by atoms with Crippen molar-refractivity contribution in [1.82, 2.24) is 5.06 Å². The summed E-state index contributed by atoms with van der Waals surface area (Å²) in [6, 6.07) is -2.71. The van der Waals surface area contributed by atoms with Crippen molar-refractivity contribution in [3.05, 3.63) is 0 Å². The van der Waals surface area contributed by atoms with E-state index in [2.05, 4.69) is 9.47 Å². The van der Waals surface area contributed by atoms with Gasteiger partial charge in [-0.3, -0.25) is 9.59 Å². The lowest BCUT2D eigenvalue weighted by atomic mass is 10.0. The van der Waals surface area contributed by atoms with Crippen LogP contribution in [0.4, 0.5) is 0 Å². The van der Waals surface area contributed by atoms with Gasteiger partial charge >= 0.3 is 11.9 Å². The highest BCUT2D eigenvalue weighted by Crippen LogP contribution is 2.18. The van der Waals surface area contributed by atoms with Crippen LogP contribution < -0.4 is 0 Å². The van der Waals surface area contributed by atoms with Gasteiger partial charge in [0.05, 0.1) is 21.0 Å². The van der Waals surface area contributed by atoms with Crippen molar-refractivity contribution in [3.63, 3.8) is 0 Å². The van der Waals surface area contributed by atoms with Crippen LogP contribution in [-0.2, 0) is 24.3 Å². The molecule has 0 bridgehead atoms. The highest BCUT2D eigenvalue weighted by Gasteiger charge is 2.37. The number of ether oxygens (including phenoxy) is 2. The monoisotopic (exact) mass is 262 g/mol. The Bertz CT molecular complexity index is 358. The Morgan fingerprint density at radius 1 is 1.28 bits per heavy atom. The maximum absolute atomic E-state index is 12.3. The number of carbonyl (C=O) groups excluding carboxylic acids is 2. The zero-order chi connectivity index (χ0) is 16.1. The summed E-state index contributed by atoms with van der Waals surface area (Å²) in [5.41, 5.74) is -1.15. The van der Waals surface area contributed by atoms with E-state index < -0.39 is 29.9 Å². The molecule has 0 aliphatic heterocycles. The normalized spacial score (nSPS) is 18.4. The van der Waals surface area contributed by atoms with Gasteiger partial charge in [0.15, 0.2) is 0 Å². The van der Waals surface area contributed by atoms with Crippen LogP contribution in [0.15, 0.2) is 0 Å². The zero-order valence-electron chi connectivity index (χ0n) is 13.5. The van der Waals surface area contributed by atoms with E-state index in [-0.39, 0.29) is 18.3 Å². The average Bonchev–Trinajstić information content (AvgIpc) is 2.35. The molecule has 2 unspecified atom stereocenters. The zero-order valence-corrected chi connectivity index (χ0v) is 11.5. The highest BCUT2D eigenvalue weighted by atomic mass is 16.6. The molecule has 0 saturated carbocycles. The van der Waals surface area contributed by atoms with Crippen LogP contribution in [-0.4, -0.2) is 41.8 Å². The molecule has 0 spiro atoms. The molecule has 0 aromatic heterocycles. The smallest absolute Gasteiger partial charge is 0.326 e. The first kappa shape index (κ1) is 13.3. The van der Waals surface area contributed by atoms with Crippen molar-refractivity contribution in [2.75, 3.05) is 13.2 Å². The fourth-order valence-electron chi connectivity index (χ4n) is 1.06. The Balaban J connectivity index is 5.58. The van der Waals surface area contributed by atoms with E-state index in [0.29, 0.717) is 0 Å². The van der Waals surface area contributed by atoms with Gasteiger partial charge in [-0.05, 0) is 34.6 Å². The summed E-state index contributed by atoms with van der Waals surface area (Å²) >= 11 is 0. The second kappa shape index (κ2) is 7.33. The van der Waals surface area contributed by atoms with Gasteiger partial charge in [-0.2, -0.15) is 0 Å². The Kier molecular flexibility index (Phi) is 5.41. The lowest BCUT2D eigenvalue weighted by molar-refractivity contribution is -0.245. The number of hydroxylamine groups is 2. The molecule has 0 aliphatic carbocycles. The first-order valence-corrected chi connectivity index (χ1v) is 5.77. The lowest BCUT2D eigenvalue weighted by Crippen LogP contribution is -2.50. The molecule has 0 rings (SSSR count). The largest absolute Gasteiger partial charge is 0.466 e. The van der Waals surface area contributed by atoms with Gasteiger partial charge in [0, 0.05) is 6.91 Å². The van der Waals surface area contributed by atoms with Crippen molar-refractivity contribution in [1.29, 1.82) is 0 Å². The fourth-order valence-corrected chi connectivity index (χ4v) is 1.06. The SMILES string of the molecule is [2H]C(C(=O)OCC)C([2H])(C(=O)OCC)N([O])C(C)(C)C. The second-order valence-corrected chi connectivity index (χ2v) is 4.47. The van der Waals surface area contributed by atoms with E-state index in [1.165, 1.54) is 34.6 Å². The van der Waals surface area contributed by atoms with Gasteiger partial charge < -0.3 is 9.47 Å².